The SMILES string of the molecule is CN1C2CCC1CN(C(=O)C1COCCN1)CC2.Cl. The smallest absolute Gasteiger partial charge is 0.242 e. The minimum Gasteiger partial charge on any atom is -0.378 e. The number of fused-ring (bicyclic) bond motifs is 2. The quantitative estimate of drug-likeness (QED) is 0.743. The molecule has 3 aliphatic heterocycles. The third-order valence-electron chi connectivity index (χ3n) is 4.68. The molecular formula is C13H24ClN3O2. The number of nitrogens with zero attached hydrogens (tertiary/aromatic N) is 2. The van der Waals surface area contributed by atoms with E-state index in [1.807, 2.05) is 4.90 Å². The van der Waals surface area contributed by atoms with E-state index < -0.39 is 0 Å². The van der Waals surface area contributed by atoms with Gasteiger partial charge in [0, 0.05) is 31.7 Å². The van der Waals surface area contributed by atoms with Gasteiger partial charge in [0.25, 0.3) is 0 Å². The maximum atomic E-state index is 12.5. The van der Waals surface area contributed by atoms with Gasteiger partial charge < -0.3 is 15.0 Å². The fourth-order valence-electron chi connectivity index (χ4n) is 3.45. The van der Waals surface area contributed by atoms with Crippen LogP contribution in [-0.2, 0) is 9.53 Å². The van der Waals surface area contributed by atoms with E-state index in [2.05, 4.69) is 17.3 Å². The largest absolute Gasteiger partial charge is 0.378 e. The number of morpholine rings is 1. The summed E-state index contributed by atoms with van der Waals surface area (Å²) in [5.74, 6) is 0.232. The first-order valence-electron chi connectivity index (χ1n) is 7.07. The number of hydrogen-bond donors (Lipinski definition) is 1. The lowest BCUT2D eigenvalue weighted by Crippen LogP contribution is -2.54. The highest BCUT2D eigenvalue weighted by atomic mass is 35.5. The van der Waals surface area contributed by atoms with Crippen LogP contribution < -0.4 is 5.32 Å². The van der Waals surface area contributed by atoms with Crippen LogP contribution in [0.1, 0.15) is 19.3 Å². The predicted octanol–water partition coefficient (Wildman–Crippen LogP) is 0.0917. The third kappa shape index (κ3) is 3.05. The van der Waals surface area contributed by atoms with Crippen molar-refractivity contribution in [2.45, 2.75) is 37.4 Å². The van der Waals surface area contributed by atoms with Crippen LogP contribution >= 0.6 is 12.4 Å². The Kier molecular flexibility index (Phi) is 5.06. The summed E-state index contributed by atoms with van der Waals surface area (Å²) in [6, 6.07) is 1.12. The molecule has 19 heavy (non-hydrogen) atoms. The molecule has 1 N–H and O–H groups in total. The number of hydrogen-bond acceptors (Lipinski definition) is 4. The van der Waals surface area contributed by atoms with Crippen molar-refractivity contribution in [1.29, 1.82) is 0 Å². The molecule has 0 aromatic rings. The van der Waals surface area contributed by atoms with Gasteiger partial charge in [-0.15, -0.1) is 12.4 Å². The van der Waals surface area contributed by atoms with Crippen molar-refractivity contribution in [3.63, 3.8) is 0 Å². The van der Waals surface area contributed by atoms with Gasteiger partial charge in [-0.2, -0.15) is 0 Å². The first-order valence-corrected chi connectivity index (χ1v) is 7.07. The molecule has 0 aromatic carbocycles. The molecule has 3 unspecified atom stereocenters. The van der Waals surface area contributed by atoms with E-state index >= 15 is 0 Å². The topological polar surface area (TPSA) is 44.8 Å². The van der Waals surface area contributed by atoms with E-state index in [4.69, 9.17) is 4.74 Å². The van der Waals surface area contributed by atoms with Gasteiger partial charge in [-0.3, -0.25) is 9.69 Å². The Morgan fingerprint density at radius 1 is 1.26 bits per heavy atom. The molecule has 2 bridgehead atoms. The number of likely N-dealkylation sites (N-methyl/N-ethyl adjacent to an activating group) is 1. The molecule has 3 atom stereocenters. The first-order chi connectivity index (χ1) is 8.75. The third-order valence-corrected chi connectivity index (χ3v) is 4.68. The average Bonchev–Trinajstić information content (AvgIpc) is 2.64. The summed E-state index contributed by atoms with van der Waals surface area (Å²) < 4.78 is 5.39. The zero-order valence-electron chi connectivity index (χ0n) is 11.5. The second-order valence-electron chi connectivity index (χ2n) is 5.71. The summed E-state index contributed by atoms with van der Waals surface area (Å²) in [5.41, 5.74) is 0. The van der Waals surface area contributed by atoms with E-state index in [1.165, 1.54) is 12.8 Å². The van der Waals surface area contributed by atoms with Crippen LogP contribution in [0, 0.1) is 0 Å². The van der Waals surface area contributed by atoms with Gasteiger partial charge in [-0.1, -0.05) is 0 Å². The van der Waals surface area contributed by atoms with E-state index in [0.29, 0.717) is 18.7 Å². The number of amides is 1. The Morgan fingerprint density at radius 3 is 2.79 bits per heavy atom. The lowest BCUT2D eigenvalue weighted by Gasteiger charge is -2.31. The molecule has 1 amide bonds. The number of carbonyl (C=O) groups is 1. The maximum Gasteiger partial charge on any atom is 0.242 e. The van der Waals surface area contributed by atoms with Gasteiger partial charge in [0.1, 0.15) is 6.04 Å². The zero-order chi connectivity index (χ0) is 12.5. The summed E-state index contributed by atoms with van der Waals surface area (Å²) in [7, 11) is 2.21. The van der Waals surface area contributed by atoms with Crippen LogP contribution in [0.3, 0.4) is 0 Å². The van der Waals surface area contributed by atoms with Gasteiger partial charge in [-0.05, 0) is 26.3 Å². The van der Waals surface area contributed by atoms with E-state index in [-0.39, 0.29) is 24.4 Å². The van der Waals surface area contributed by atoms with Crippen molar-refractivity contribution in [1.82, 2.24) is 15.1 Å². The monoisotopic (exact) mass is 289 g/mol. The van der Waals surface area contributed by atoms with Crippen LogP contribution in [0.25, 0.3) is 0 Å². The summed E-state index contributed by atoms with van der Waals surface area (Å²) in [4.78, 5) is 17.0. The standard InChI is InChI=1S/C13H23N3O2.ClH/c1-15-10-2-3-11(15)8-16(6-4-10)13(17)12-9-18-7-5-14-12;/h10-12,14H,2-9H2,1H3;1H. The van der Waals surface area contributed by atoms with Crippen molar-refractivity contribution >= 4 is 18.3 Å². The minimum absolute atomic E-state index is 0. The van der Waals surface area contributed by atoms with E-state index in [9.17, 15) is 4.79 Å². The van der Waals surface area contributed by atoms with Crippen LogP contribution in [0.4, 0.5) is 0 Å². The van der Waals surface area contributed by atoms with Gasteiger partial charge in [0.15, 0.2) is 0 Å². The predicted molar refractivity (Wildman–Crippen MR) is 75.6 cm³/mol. The summed E-state index contributed by atoms with van der Waals surface area (Å²) in [6.07, 6.45) is 3.65. The lowest BCUT2D eigenvalue weighted by molar-refractivity contribution is -0.136. The molecule has 0 spiro atoms. The number of ether oxygens (including phenoxy) is 1. The lowest BCUT2D eigenvalue weighted by atomic mass is 10.1. The highest BCUT2D eigenvalue weighted by molar-refractivity contribution is 5.85. The molecule has 110 valence electrons. The Balaban J connectivity index is 0.00000133. The second kappa shape index (κ2) is 6.39. The second-order valence-corrected chi connectivity index (χ2v) is 5.71. The average molecular weight is 290 g/mol. The molecular weight excluding hydrogens is 266 g/mol. The molecule has 3 heterocycles. The molecule has 6 heteroatoms. The first kappa shape index (κ1) is 15.0. The van der Waals surface area contributed by atoms with Crippen molar-refractivity contribution in [2.24, 2.45) is 0 Å². The molecule has 3 fully saturated rings. The number of rotatable bonds is 1. The van der Waals surface area contributed by atoms with Crippen LogP contribution in [0.2, 0.25) is 0 Å². The van der Waals surface area contributed by atoms with Crippen LogP contribution in [0.5, 0.6) is 0 Å². The van der Waals surface area contributed by atoms with E-state index in [0.717, 1.165) is 32.7 Å². The fraction of sp³-hybridized carbons (Fsp3) is 0.923. The molecule has 3 aliphatic rings. The van der Waals surface area contributed by atoms with Gasteiger partial charge in [-0.25, -0.2) is 0 Å². The summed E-state index contributed by atoms with van der Waals surface area (Å²) in [6.45, 7) is 3.83. The number of carbonyl (C=O) groups excluding carboxylic acids is 1. The Labute approximate surface area is 121 Å². The van der Waals surface area contributed by atoms with Crippen molar-refractivity contribution in [3.8, 4) is 0 Å². The van der Waals surface area contributed by atoms with Crippen molar-refractivity contribution in [2.75, 3.05) is 39.9 Å². The molecule has 3 saturated heterocycles. The number of halogens is 1. The van der Waals surface area contributed by atoms with E-state index in [1.54, 1.807) is 0 Å². The van der Waals surface area contributed by atoms with Gasteiger partial charge >= 0.3 is 0 Å². The molecule has 0 saturated carbocycles. The summed E-state index contributed by atoms with van der Waals surface area (Å²) in [5, 5.41) is 3.26. The maximum absolute atomic E-state index is 12.5. The molecule has 5 nitrogen and oxygen atoms in total. The summed E-state index contributed by atoms with van der Waals surface area (Å²) >= 11 is 0. The van der Waals surface area contributed by atoms with Crippen LogP contribution in [-0.4, -0.2) is 73.7 Å². The molecule has 0 aliphatic carbocycles. The molecule has 0 radical (unpaired) electrons. The van der Waals surface area contributed by atoms with Crippen LogP contribution in [0.15, 0.2) is 0 Å². The van der Waals surface area contributed by atoms with Crippen molar-refractivity contribution in [3.05, 3.63) is 0 Å². The highest BCUT2D eigenvalue weighted by Crippen LogP contribution is 2.28. The Hall–Kier alpha value is -0.360. The van der Waals surface area contributed by atoms with Gasteiger partial charge in [0.2, 0.25) is 5.91 Å². The highest BCUT2D eigenvalue weighted by Gasteiger charge is 2.37. The number of nitrogens with one attached hydrogen (secondary N) is 1. The minimum atomic E-state index is -0.124. The molecule has 3 rings (SSSR count). The Bertz CT molecular complexity index is 323. The number of likely N-dealkylation sites (tertiary alicyclic amines) is 1. The Morgan fingerprint density at radius 2 is 2.05 bits per heavy atom. The normalized spacial score (nSPS) is 35.6. The van der Waals surface area contributed by atoms with Crippen molar-refractivity contribution < 1.29 is 9.53 Å². The fourth-order valence-corrected chi connectivity index (χ4v) is 3.45. The molecule has 0 aromatic heterocycles. The van der Waals surface area contributed by atoms with Gasteiger partial charge in [0.05, 0.1) is 13.2 Å². The zero-order valence-corrected chi connectivity index (χ0v) is 12.3.